The molecule has 0 radical (unpaired) electrons. The van der Waals surface area contributed by atoms with Crippen LogP contribution in [0.25, 0.3) is 0 Å². The second kappa shape index (κ2) is 7.15. The Kier molecular flexibility index (Phi) is 4.97. The van der Waals surface area contributed by atoms with E-state index in [1.165, 1.54) is 12.1 Å². The highest BCUT2D eigenvalue weighted by Crippen LogP contribution is 2.32. The Labute approximate surface area is 140 Å². The molecule has 24 heavy (non-hydrogen) atoms. The molecule has 1 aromatic heterocycles. The van der Waals surface area contributed by atoms with E-state index in [4.69, 9.17) is 4.42 Å². The highest BCUT2D eigenvalue weighted by Gasteiger charge is 2.33. The first-order valence-corrected chi connectivity index (χ1v) is 7.97. The minimum absolute atomic E-state index is 0.0677. The molecular weight excluding hydrogens is 311 g/mol. The Morgan fingerprint density at radius 3 is 2.96 bits per heavy atom. The molecule has 1 saturated heterocycles. The molecule has 0 bridgehead atoms. The Morgan fingerprint density at radius 1 is 1.42 bits per heavy atom. The number of aliphatic hydroxyl groups excluding tert-OH is 1. The maximum absolute atomic E-state index is 13.5. The second-order valence-corrected chi connectivity index (χ2v) is 6.22. The van der Waals surface area contributed by atoms with Gasteiger partial charge in [0.25, 0.3) is 0 Å². The minimum Gasteiger partial charge on any atom is -0.467 e. The summed E-state index contributed by atoms with van der Waals surface area (Å²) in [6.45, 7) is 0.976. The maximum atomic E-state index is 13.5. The van der Waals surface area contributed by atoms with Gasteiger partial charge in [-0.05, 0) is 36.2 Å². The van der Waals surface area contributed by atoms with Gasteiger partial charge in [-0.25, -0.2) is 4.39 Å². The Balaban J connectivity index is 1.66. The maximum Gasteiger partial charge on any atom is 0.236 e. The van der Waals surface area contributed by atoms with Crippen LogP contribution in [0.2, 0.25) is 0 Å². The van der Waals surface area contributed by atoms with Crippen molar-refractivity contribution in [3.8, 4) is 0 Å². The first-order chi connectivity index (χ1) is 11.5. The van der Waals surface area contributed by atoms with Gasteiger partial charge in [-0.1, -0.05) is 12.1 Å². The van der Waals surface area contributed by atoms with Gasteiger partial charge in [0.2, 0.25) is 5.91 Å². The number of hydrogen-bond donors (Lipinski definition) is 1. The van der Waals surface area contributed by atoms with E-state index in [0.29, 0.717) is 25.3 Å². The molecule has 1 aliphatic heterocycles. The van der Waals surface area contributed by atoms with E-state index in [1.807, 2.05) is 17.0 Å². The van der Waals surface area contributed by atoms with Crippen molar-refractivity contribution in [1.82, 2.24) is 9.80 Å². The lowest BCUT2D eigenvalue weighted by Crippen LogP contribution is -2.38. The van der Waals surface area contributed by atoms with Crippen LogP contribution < -0.4 is 0 Å². The predicted octanol–water partition coefficient (Wildman–Crippen LogP) is 2.19. The third-order valence-electron chi connectivity index (χ3n) is 4.35. The monoisotopic (exact) mass is 332 g/mol. The molecule has 5 nitrogen and oxygen atoms in total. The lowest BCUT2D eigenvalue weighted by Gasteiger charge is -2.26. The summed E-state index contributed by atoms with van der Waals surface area (Å²) in [5, 5.41) is 9.98. The number of nitrogens with zero attached hydrogens (tertiary/aromatic N) is 2. The molecule has 1 fully saturated rings. The molecule has 1 N–H and O–H groups in total. The quantitative estimate of drug-likeness (QED) is 0.912. The van der Waals surface area contributed by atoms with Crippen LogP contribution in [-0.4, -0.2) is 47.1 Å². The number of likely N-dealkylation sites (N-methyl/N-ethyl adjacent to an activating group) is 1. The van der Waals surface area contributed by atoms with Crippen LogP contribution in [0.15, 0.2) is 47.1 Å². The Morgan fingerprint density at radius 2 is 2.25 bits per heavy atom. The smallest absolute Gasteiger partial charge is 0.236 e. The third kappa shape index (κ3) is 3.83. The van der Waals surface area contributed by atoms with Crippen LogP contribution in [0.5, 0.6) is 0 Å². The van der Waals surface area contributed by atoms with E-state index in [1.54, 1.807) is 30.3 Å². The molecule has 0 unspecified atom stereocenters. The fourth-order valence-electron chi connectivity index (χ4n) is 3.13. The van der Waals surface area contributed by atoms with Crippen LogP contribution in [-0.2, 0) is 11.3 Å². The van der Waals surface area contributed by atoms with Crippen LogP contribution >= 0.6 is 0 Å². The van der Waals surface area contributed by atoms with Gasteiger partial charge in [0.1, 0.15) is 11.6 Å². The van der Waals surface area contributed by atoms with E-state index < -0.39 is 6.10 Å². The van der Waals surface area contributed by atoms with Gasteiger partial charge in [-0.2, -0.15) is 0 Å². The van der Waals surface area contributed by atoms with Crippen molar-refractivity contribution in [3.05, 3.63) is 59.8 Å². The predicted molar refractivity (Wildman–Crippen MR) is 86.5 cm³/mol. The second-order valence-electron chi connectivity index (χ2n) is 6.22. The SMILES string of the molecule is CN(Cc1ccco1)C(=O)CN1C[C@H](O)C[C@@H]1c1cccc(F)c1. The molecule has 1 amide bonds. The first-order valence-electron chi connectivity index (χ1n) is 7.97. The van der Waals surface area contributed by atoms with E-state index in [9.17, 15) is 14.3 Å². The summed E-state index contributed by atoms with van der Waals surface area (Å²) >= 11 is 0. The van der Waals surface area contributed by atoms with Crippen LogP contribution in [0.3, 0.4) is 0 Å². The molecule has 0 saturated carbocycles. The van der Waals surface area contributed by atoms with Gasteiger partial charge in [-0.15, -0.1) is 0 Å². The number of amides is 1. The Bertz CT molecular complexity index is 689. The number of hydrogen-bond acceptors (Lipinski definition) is 4. The van der Waals surface area contributed by atoms with Crippen LogP contribution in [0.1, 0.15) is 23.8 Å². The van der Waals surface area contributed by atoms with E-state index in [-0.39, 0.29) is 24.3 Å². The summed E-state index contributed by atoms with van der Waals surface area (Å²) in [6, 6.07) is 9.78. The molecule has 2 heterocycles. The molecule has 2 atom stereocenters. The molecule has 128 valence electrons. The number of benzene rings is 1. The number of carbonyl (C=O) groups is 1. The summed E-state index contributed by atoms with van der Waals surface area (Å²) < 4.78 is 18.7. The number of halogens is 1. The van der Waals surface area contributed by atoms with Crippen LogP contribution in [0.4, 0.5) is 4.39 Å². The number of β-amino-alcohol motifs (C(OH)–C–C–N with tert-alkyl or cyclic N) is 1. The van der Waals surface area contributed by atoms with Crippen molar-refractivity contribution in [2.24, 2.45) is 0 Å². The van der Waals surface area contributed by atoms with Crippen molar-refractivity contribution >= 4 is 5.91 Å². The lowest BCUT2D eigenvalue weighted by atomic mass is 10.0. The van der Waals surface area contributed by atoms with Gasteiger partial charge >= 0.3 is 0 Å². The van der Waals surface area contributed by atoms with Gasteiger partial charge in [0.05, 0.1) is 25.5 Å². The molecule has 1 aromatic carbocycles. The molecule has 0 spiro atoms. The molecule has 2 aromatic rings. The van der Waals surface area contributed by atoms with Crippen molar-refractivity contribution in [1.29, 1.82) is 0 Å². The normalized spacial score (nSPS) is 21.1. The summed E-state index contributed by atoms with van der Waals surface area (Å²) in [5.41, 5.74) is 0.785. The van der Waals surface area contributed by atoms with Crippen molar-refractivity contribution in [3.63, 3.8) is 0 Å². The van der Waals surface area contributed by atoms with Crippen molar-refractivity contribution < 1.29 is 18.7 Å². The molecule has 0 aliphatic carbocycles. The number of carbonyl (C=O) groups excluding carboxylic acids is 1. The molecule has 6 heteroatoms. The zero-order valence-corrected chi connectivity index (χ0v) is 13.6. The summed E-state index contributed by atoms with van der Waals surface area (Å²) in [5.74, 6) is 0.339. The number of rotatable bonds is 5. The fraction of sp³-hybridized carbons (Fsp3) is 0.389. The number of likely N-dealkylation sites (tertiary alicyclic amines) is 1. The Hall–Kier alpha value is -2.18. The van der Waals surface area contributed by atoms with Crippen LogP contribution in [0, 0.1) is 5.82 Å². The standard InChI is InChI=1S/C18H21FN2O3/c1-20(11-16-6-3-7-24-16)18(23)12-21-10-15(22)9-17(21)13-4-2-5-14(19)8-13/h2-8,15,17,22H,9-12H2,1H3/t15-,17-/m1/s1. The van der Waals surface area contributed by atoms with Gasteiger partial charge < -0.3 is 14.4 Å². The minimum atomic E-state index is -0.513. The van der Waals surface area contributed by atoms with E-state index in [2.05, 4.69) is 0 Å². The molecule has 1 aliphatic rings. The fourth-order valence-corrected chi connectivity index (χ4v) is 3.13. The van der Waals surface area contributed by atoms with Gasteiger partial charge in [0.15, 0.2) is 0 Å². The van der Waals surface area contributed by atoms with E-state index >= 15 is 0 Å². The highest BCUT2D eigenvalue weighted by molar-refractivity contribution is 5.78. The molecular formula is C18H21FN2O3. The first kappa shape index (κ1) is 16.7. The van der Waals surface area contributed by atoms with Gasteiger partial charge in [-0.3, -0.25) is 9.69 Å². The zero-order valence-electron chi connectivity index (χ0n) is 13.6. The number of aliphatic hydroxyl groups is 1. The number of furan rings is 1. The summed E-state index contributed by atoms with van der Waals surface area (Å²) in [7, 11) is 1.72. The van der Waals surface area contributed by atoms with E-state index in [0.717, 1.165) is 5.56 Å². The van der Waals surface area contributed by atoms with Crippen molar-refractivity contribution in [2.75, 3.05) is 20.1 Å². The van der Waals surface area contributed by atoms with Gasteiger partial charge in [0, 0.05) is 19.6 Å². The third-order valence-corrected chi connectivity index (χ3v) is 4.35. The topological polar surface area (TPSA) is 56.9 Å². The van der Waals surface area contributed by atoms with Crippen molar-refractivity contribution in [2.45, 2.75) is 25.1 Å². The average Bonchev–Trinajstić information content (AvgIpc) is 3.17. The highest BCUT2D eigenvalue weighted by atomic mass is 19.1. The lowest BCUT2D eigenvalue weighted by molar-refractivity contribution is -0.132. The zero-order chi connectivity index (χ0) is 17.1. The molecule has 3 rings (SSSR count). The summed E-state index contributed by atoms with van der Waals surface area (Å²) in [4.78, 5) is 16.0. The largest absolute Gasteiger partial charge is 0.467 e. The average molecular weight is 332 g/mol. The summed E-state index contributed by atoms with van der Waals surface area (Å²) in [6.07, 6.45) is 1.56.